The molecule has 0 N–H and O–H groups in total. The Morgan fingerprint density at radius 2 is 1.96 bits per heavy atom. The highest BCUT2D eigenvalue weighted by molar-refractivity contribution is 7.89. The van der Waals surface area contributed by atoms with E-state index in [1.807, 2.05) is 35.7 Å². The SMILES string of the molecule is CS(=O)(=O)n1c(OC(c2cccs2)c2cccnc2Cl)cc2ccccc21. The molecule has 4 rings (SSSR count). The maximum atomic E-state index is 12.4. The molecule has 0 saturated carbocycles. The van der Waals surface area contributed by atoms with Crippen LogP contribution in [0.2, 0.25) is 5.15 Å². The van der Waals surface area contributed by atoms with Gasteiger partial charge in [0.2, 0.25) is 15.9 Å². The summed E-state index contributed by atoms with van der Waals surface area (Å²) >= 11 is 7.80. The predicted molar refractivity (Wildman–Crippen MR) is 108 cm³/mol. The van der Waals surface area contributed by atoms with Gasteiger partial charge >= 0.3 is 0 Å². The number of nitrogens with zero attached hydrogens (tertiary/aromatic N) is 2. The van der Waals surface area contributed by atoms with Gasteiger partial charge in [-0.15, -0.1) is 11.3 Å². The van der Waals surface area contributed by atoms with Crippen molar-refractivity contribution in [3.05, 3.63) is 81.8 Å². The van der Waals surface area contributed by atoms with E-state index in [0.717, 1.165) is 16.5 Å². The molecule has 5 nitrogen and oxygen atoms in total. The lowest BCUT2D eigenvalue weighted by atomic mass is 10.1. The van der Waals surface area contributed by atoms with Crippen LogP contribution in [0.1, 0.15) is 16.5 Å². The molecule has 1 unspecified atom stereocenters. The van der Waals surface area contributed by atoms with Crippen LogP contribution in [0.3, 0.4) is 0 Å². The molecule has 0 amide bonds. The molecule has 0 radical (unpaired) electrons. The maximum absolute atomic E-state index is 12.4. The van der Waals surface area contributed by atoms with Gasteiger partial charge in [-0.3, -0.25) is 0 Å². The fourth-order valence-corrected chi connectivity index (χ4v) is 4.89. The van der Waals surface area contributed by atoms with Crippen LogP contribution < -0.4 is 4.74 Å². The molecule has 3 aromatic heterocycles. The average molecular weight is 419 g/mol. The molecule has 1 atom stereocenters. The van der Waals surface area contributed by atoms with Crippen LogP contribution in [0.4, 0.5) is 0 Å². The monoisotopic (exact) mass is 418 g/mol. The van der Waals surface area contributed by atoms with Crippen molar-refractivity contribution in [3.63, 3.8) is 0 Å². The number of hydrogen-bond acceptors (Lipinski definition) is 5. The van der Waals surface area contributed by atoms with E-state index < -0.39 is 16.1 Å². The van der Waals surface area contributed by atoms with Gasteiger partial charge in [-0.2, -0.15) is 0 Å². The summed E-state index contributed by atoms with van der Waals surface area (Å²) in [4.78, 5) is 5.03. The van der Waals surface area contributed by atoms with Gasteiger partial charge in [-0.25, -0.2) is 17.4 Å². The number of benzene rings is 1. The number of para-hydroxylation sites is 1. The van der Waals surface area contributed by atoms with Crippen LogP contribution in [0, 0.1) is 0 Å². The van der Waals surface area contributed by atoms with Gasteiger partial charge < -0.3 is 4.74 Å². The Hall–Kier alpha value is -2.35. The van der Waals surface area contributed by atoms with Crippen molar-refractivity contribution in [2.24, 2.45) is 0 Å². The van der Waals surface area contributed by atoms with Crippen molar-refractivity contribution in [2.45, 2.75) is 6.10 Å². The van der Waals surface area contributed by atoms with E-state index >= 15 is 0 Å². The first-order chi connectivity index (χ1) is 12.9. The van der Waals surface area contributed by atoms with Gasteiger partial charge in [-0.1, -0.05) is 41.9 Å². The molecule has 1 aromatic carbocycles. The number of fused-ring (bicyclic) bond motifs is 1. The van der Waals surface area contributed by atoms with E-state index in [0.29, 0.717) is 16.2 Å². The minimum atomic E-state index is -3.58. The number of pyridine rings is 1. The summed E-state index contributed by atoms with van der Waals surface area (Å²) in [5.74, 6) is 0.233. The molecule has 0 aliphatic carbocycles. The second-order valence-electron chi connectivity index (χ2n) is 5.97. The summed E-state index contributed by atoms with van der Waals surface area (Å²) in [5.41, 5.74) is 1.24. The molecule has 0 spiro atoms. The third kappa shape index (κ3) is 3.45. The van der Waals surface area contributed by atoms with E-state index in [2.05, 4.69) is 4.98 Å². The molecule has 27 heavy (non-hydrogen) atoms. The Kier molecular flexibility index (Phi) is 4.67. The van der Waals surface area contributed by atoms with Crippen LogP contribution in [0.5, 0.6) is 5.88 Å². The number of thiophene rings is 1. The number of hydrogen-bond donors (Lipinski definition) is 0. The van der Waals surface area contributed by atoms with Crippen molar-refractivity contribution in [3.8, 4) is 5.88 Å². The van der Waals surface area contributed by atoms with Crippen LogP contribution >= 0.6 is 22.9 Å². The first kappa shape index (κ1) is 18.0. The van der Waals surface area contributed by atoms with E-state index in [1.54, 1.807) is 30.5 Å². The van der Waals surface area contributed by atoms with Gasteiger partial charge in [-0.05, 0) is 23.6 Å². The lowest BCUT2D eigenvalue weighted by Gasteiger charge is -2.20. The number of rotatable bonds is 5. The molecular formula is C19H15ClN2O3S2. The Bertz CT molecular complexity index is 1200. The lowest BCUT2D eigenvalue weighted by molar-refractivity contribution is 0.239. The zero-order valence-electron chi connectivity index (χ0n) is 14.2. The van der Waals surface area contributed by atoms with Gasteiger partial charge in [0, 0.05) is 28.1 Å². The van der Waals surface area contributed by atoms with Crippen LogP contribution in [0.15, 0.2) is 66.2 Å². The van der Waals surface area contributed by atoms with Crippen LogP contribution in [0.25, 0.3) is 10.9 Å². The molecule has 0 fully saturated rings. The van der Waals surface area contributed by atoms with Gasteiger partial charge in [0.15, 0.2) is 6.10 Å². The Balaban J connectivity index is 1.89. The highest BCUT2D eigenvalue weighted by Gasteiger charge is 2.25. The number of halogens is 1. The molecule has 0 aliphatic heterocycles. The van der Waals surface area contributed by atoms with E-state index in [-0.39, 0.29) is 5.88 Å². The lowest BCUT2D eigenvalue weighted by Crippen LogP contribution is -2.16. The molecular weight excluding hydrogens is 404 g/mol. The normalized spacial score (nSPS) is 13.0. The fourth-order valence-electron chi connectivity index (χ4n) is 2.96. The van der Waals surface area contributed by atoms with Crippen molar-refractivity contribution < 1.29 is 13.2 Å². The third-order valence-corrected chi connectivity index (χ3v) is 6.35. The summed E-state index contributed by atoms with van der Waals surface area (Å²) in [7, 11) is -3.58. The van der Waals surface area contributed by atoms with Crippen molar-refractivity contribution in [1.82, 2.24) is 8.96 Å². The second kappa shape index (κ2) is 6.99. The van der Waals surface area contributed by atoms with Crippen molar-refractivity contribution in [2.75, 3.05) is 6.26 Å². The summed E-state index contributed by atoms with van der Waals surface area (Å²) in [6.07, 6.45) is 2.19. The molecule has 0 aliphatic rings. The second-order valence-corrected chi connectivity index (χ2v) is 9.13. The molecule has 0 bridgehead atoms. The average Bonchev–Trinajstić information content (AvgIpc) is 3.27. The Morgan fingerprint density at radius 1 is 1.15 bits per heavy atom. The summed E-state index contributed by atoms with van der Waals surface area (Å²) in [6.45, 7) is 0. The van der Waals surface area contributed by atoms with E-state index in [9.17, 15) is 8.42 Å². The van der Waals surface area contributed by atoms with Gasteiger partial charge in [0.05, 0.1) is 11.8 Å². The Labute approximate surface area is 165 Å². The first-order valence-corrected chi connectivity index (χ1v) is 11.2. The third-order valence-electron chi connectivity index (χ3n) is 4.08. The number of ether oxygens (including phenoxy) is 1. The number of aromatic nitrogens is 2. The molecule has 8 heteroatoms. The molecule has 0 saturated heterocycles. The topological polar surface area (TPSA) is 61.2 Å². The van der Waals surface area contributed by atoms with E-state index in [1.165, 1.54) is 15.3 Å². The van der Waals surface area contributed by atoms with Crippen molar-refractivity contribution >= 4 is 43.9 Å². The summed E-state index contributed by atoms with van der Waals surface area (Å²) < 4.78 is 32.3. The molecule has 4 aromatic rings. The van der Waals surface area contributed by atoms with Crippen molar-refractivity contribution in [1.29, 1.82) is 0 Å². The molecule has 3 heterocycles. The van der Waals surface area contributed by atoms with E-state index in [4.69, 9.17) is 16.3 Å². The van der Waals surface area contributed by atoms with Crippen LogP contribution in [-0.2, 0) is 10.0 Å². The zero-order valence-corrected chi connectivity index (χ0v) is 16.6. The fraction of sp³-hybridized carbons (Fsp3) is 0.105. The van der Waals surface area contributed by atoms with Gasteiger partial charge in [0.1, 0.15) is 5.15 Å². The molecule has 138 valence electrons. The predicted octanol–water partition coefficient (Wildman–Crippen LogP) is 4.73. The highest BCUT2D eigenvalue weighted by atomic mass is 35.5. The minimum Gasteiger partial charge on any atom is -0.464 e. The highest BCUT2D eigenvalue weighted by Crippen LogP contribution is 2.36. The Morgan fingerprint density at radius 3 is 2.67 bits per heavy atom. The quantitative estimate of drug-likeness (QED) is 0.440. The smallest absolute Gasteiger partial charge is 0.238 e. The maximum Gasteiger partial charge on any atom is 0.238 e. The summed E-state index contributed by atoms with van der Waals surface area (Å²) in [6, 6.07) is 16.4. The standard InChI is InChI=1S/C19H15ClN2O3S2/c1-27(23,24)22-15-8-3-2-6-13(15)12-17(22)25-18(16-9-5-11-26-16)14-7-4-10-21-19(14)20/h2-12,18H,1H3. The zero-order chi connectivity index (χ0) is 19.0. The minimum absolute atomic E-state index is 0.233. The summed E-state index contributed by atoms with van der Waals surface area (Å²) in [5, 5.41) is 3.03. The largest absolute Gasteiger partial charge is 0.464 e. The van der Waals surface area contributed by atoms with Crippen LogP contribution in [-0.4, -0.2) is 23.6 Å². The first-order valence-electron chi connectivity index (χ1n) is 8.06. The van der Waals surface area contributed by atoms with Gasteiger partial charge in [0.25, 0.3) is 0 Å².